The Hall–Kier alpha value is 0.0200. The summed E-state index contributed by atoms with van der Waals surface area (Å²) in [6, 6.07) is 0. The van der Waals surface area contributed by atoms with Crippen molar-refractivity contribution >= 4 is 18.0 Å². The monoisotopic (exact) mass is 170 g/mol. The summed E-state index contributed by atoms with van der Waals surface area (Å²) >= 11 is 2.07. The molecule has 1 nitrogen and oxygen atoms in total. The summed E-state index contributed by atoms with van der Waals surface area (Å²) in [5.74, 6) is 4.76. The summed E-state index contributed by atoms with van der Waals surface area (Å²) in [4.78, 5) is 10.4. The zero-order chi connectivity index (χ0) is 7.68. The van der Waals surface area contributed by atoms with E-state index in [1.807, 2.05) is 0 Å². The van der Waals surface area contributed by atoms with Crippen LogP contribution in [0.25, 0.3) is 0 Å². The van der Waals surface area contributed by atoms with Crippen molar-refractivity contribution in [2.75, 3.05) is 11.5 Å². The van der Waals surface area contributed by atoms with Crippen LogP contribution in [0.15, 0.2) is 0 Å². The fourth-order valence-electron chi connectivity index (χ4n) is 2.04. The molecule has 0 unspecified atom stereocenters. The number of thioether (sulfide) groups is 1. The Balaban J connectivity index is 1.81. The highest BCUT2D eigenvalue weighted by Crippen LogP contribution is 2.47. The van der Waals surface area contributed by atoms with E-state index >= 15 is 0 Å². The van der Waals surface area contributed by atoms with E-state index in [2.05, 4.69) is 11.8 Å². The van der Waals surface area contributed by atoms with E-state index in [1.165, 1.54) is 30.8 Å². The summed E-state index contributed by atoms with van der Waals surface area (Å²) in [6.07, 6.45) is 5.10. The zero-order valence-corrected chi connectivity index (χ0v) is 7.48. The fraction of sp³-hybridized carbons (Fsp3) is 0.889. The topological polar surface area (TPSA) is 17.1 Å². The van der Waals surface area contributed by atoms with Gasteiger partial charge in [0.2, 0.25) is 0 Å². The minimum Gasteiger partial charge on any atom is -0.303 e. The van der Waals surface area contributed by atoms with Gasteiger partial charge in [0.15, 0.2) is 0 Å². The maximum Gasteiger partial charge on any atom is 0.123 e. The number of carbonyl (C=O) groups excluding carboxylic acids is 1. The molecule has 1 heterocycles. The van der Waals surface area contributed by atoms with Gasteiger partial charge in [-0.05, 0) is 42.6 Å². The number of hydrogen-bond donors (Lipinski definition) is 0. The van der Waals surface area contributed by atoms with Crippen molar-refractivity contribution in [3.63, 3.8) is 0 Å². The van der Waals surface area contributed by atoms with Gasteiger partial charge in [-0.1, -0.05) is 0 Å². The molecule has 1 aliphatic heterocycles. The second-order valence-corrected chi connectivity index (χ2v) is 4.83. The van der Waals surface area contributed by atoms with Gasteiger partial charge in [0.1, 0.15) is 6.29 Å². The number of aldehydes is 1. The van der Waals surface area contributed by atoms with Gasteiger partial charge in [0.25, 0.3) is 0 Å². The quantitative estimate of drug-likeness (QED) is 0.589. The molecule has 0 aromatic rings. The third-order valence-corrected chi connectivity index (χ3v) is 4.11. The van der Waals surface area contributed by atoms with E-state index in [1.54, 1.807) is 0 Å². The standard InChI is InChI=1S/C9H14OS/c10-5-8-4-9(8)7-2-1-3-11-6-7/h5,7-9H,1-4,6H2/t7-,8+,9-/m1/s1. The van der Waals surface area contributed by atoms with Crippen LogP contribution in [0.2, 0.25) is 0 Å². The second kappa shape index (κ2) is 3.18. The highest BCUT2D eigenvalue weighted by atomic mass is 32.2. The van der Waals surface area contributed by atoms with Crippen molar-refractivity contribution in [2.45, 2.75) is 19.3 Å². The highest BCUT2D eigenvalue weighted by Gasteiger charge is 2.42. The maximum atomic E-state index is 10.4. The van der Waals surface area contributed by atoms with Crippen LogP contribution < -0.4 is 0 Å². The lowest BCUT2D eigenvalue weighted by Gasteiger charge is -2.20. The van der Waals surface area contributed by atoms with Crippen LogP contribution in [-0.2, 0) is 4.79 Å². The third-order valence-electron chi connectivity index (χ3n) is 2.87. The van der Waals surface area contributed by atoms with E-state index in [-0.39, 0.29) is 0 Å². The molecular formula is C9H14OS. The molecule has 1 aliphatic carbocycles. The molecule has 3 atom stereocenters. The molecule has 0 spiro atoms. The second-order valence-electron chi connectivity index (χ2n) is 3.68. The van der Waals surface area contributed by atoms with Crippen LogP contribution in [0.4, 0.5) is 0 Å². The van der Waals surface area contributed by atoms with Gasteiger partial charge < -0.3 is 4.79 Å². The van der Waals surface area contributed by atoms with Crippen LogP contribution >= 0.6 is 11.8 Å². The molecule has 2 fully saturated rings. The summed E-state index contributed by atoms with van der Waals surface area (Å²) in [5.41, 5.74) is 0. The van der Waals surface area contributed by atoms with Crippen molar-refractivity contribution in [3.8, 4) is 0 Å². The Morgan fingerprint density at radius 1 is 1.45 bits per heavy atom. The van der Waals surface area contributed by atoms with E-state index in [0.717, 1.165) is 18.1 Å². The van der Waals surface area contributed by atoms with Gasteiger partial charge in [0, 0.05) is 5.92 Å². The van der Waals surface area contributed by atoms with Crippen LogP contribution in [-0.4, -0.2) is 17.8 Å². The van der Waals surface area contributed by atoms with E-state index in [0.29, 0.717) is 5.92 Å². The fourth-order valence-corrected chi connectivity index (χ4v) is 3.29. The molecule has 0 bridgehead atoms. The maximum absolute atomic E-state index is 10.4. The molecule has 2 heteroatoms. The minimum atomic E-state index is 0.443. The van der Waals surface area contributed by atoms with E-state index < -0.39 is 0 Å². The first-order chi connectivity index (χ1) is 5.42. The Bertz CT molecular complexity index is 152. The number of hydrogen-bond acceptors (Lipinski definition) is 2. The third kappa shape index (κ3) is 1.61. The van der Waals surface area contributed by atoms with Crippen LogP contribution in [0.1, 0.15) is 19.3 Å². The van der Waals surface area contributed by atoms with Crippen molar-refractivity contribution < 1.29 is 4.79 Å². The molecule has 11 heavy (non-hydrogen) atoms. The van der Waals surface area contributed by atoms with Crippen molar-refractivity contribution in [1.29, 1.82) is 0 Å². The van der Waals surface area contributed by atoms with Gasteiger partial charge >= 0.3 is 0 Å². The summed E-state index contributed by atoms with van der Waals surface area (Å²) < 4.78 is 0. The molecular weight excluding hydrogens is 156 g/mol. The predicted octanol–water partition coefficient (Wildman–Crippen LogP) is 1.96. The first-order valence-electron chi connectivity index (χ1n) is 4.45. The Morgan fingerprint density at radius 3 is 2.91 bits per heavy atom. The van der Waals surface area contributed by atoms with Crippen LogP contribution in [0.3, 0.4) is 0 Å². The summed E-state index contributed by atoms with van der Waals surface area (Å²) in [5, 5.41) is 0. The van der Waals surface area contributed by atoms with E-state index in [4.69, 9.17) is 0 Å². The molecule has 62 valence electrons. The molecule has 2 aliphatic rings. The largest absolute Gasteiger partial charge is 0.303 e. The van der Waals surface area contributed by atoms with Gasteiger partial charge in [-0.25, -0.2) is 0 Å². The molecule has 0 aromatic carbocycles. The Labute approximate surface area is 71.9 Å². The molecule has 0 aromatic heterocycles. The predicted molar refractivity (Wildman–Crippen MR) is 47.7 cm³/mol. The number of rotatable bonds is 2. The SMILES string of the molecule is O=C[C@@H]1C[C@@H]1[C@@H]1CCCSC1. The highest BCUT2D eigenvalue weighted by molar-refractivity contribution is 7.99. The van der Waals surface area contributed by atoms with E-state index in [9.17, 15) is 4.79 Å². The smallest absolute Gasteiger partial charge is 0.123 e. The average molecular weight is 170 g/mol. The lowest BCUT2D eigenvalue weighted by atomic mass is 9.99. The van der Waals surface area contributed by atoms with Gasteiger partial charge in [0.05, 0.1) is 0 Å². The molecule has 1 saturated carbocycles. The normalized spacial score (nSPS) is 43.5. The van der Waals surface area contributed by atoms with Crippen molar-refractivity contribution in [3.05, 3.63) is 0 Å². The summed E-state index contributed by atoms with van der Waals surface area (Å²) in [7, 11) is 0. The lowest BCUT2D eigenvalue weighted by Crippen LogP contribution is -2.13. The van der Waals surface area contributed by atoms with Gasteiger partial charge in [-0.2, -0.15) is 11.8 Å². The molecule has 0 amide bonds. The summed E-state index contributed by atoms with van der Waals surface area (Å²) in [6.45, 7) is 0. The van der Waals surface area contributed by atoms with Crippen LogP contribution in [0, 0.1) is 17.8 Å². The number of carbonyl (C=O) groups is 1. The molecule has 0 radical (unpaired) electrons. The first-order valence-corrected chi connectivity index (χ1v) is 5.60. The molecule has 0 N–H and O–H groups in total. The average Bonchev–Trinajstić information content (AvgIpc) is 2.85. The zero-order valence-electron chi connectivity index (χ0n) is 6.66. The Morgan fingerprint density at radius 2 is 2.36 bits per heavy atom. The van der Waals surface area contributed by atoms with Crippen LogP contribution in [0.5, 0.6) is 0 Å². The van der Waals surface area contributed by atoms with Gasteiger partial charge in [-0.15, -0.1) is 0 Å². The van der Waals surface area contributed by atoms with Gasteiger partial charge in [-0.3, -0.25) is 0 Å². The minimum absolute atomic E-state index is 0.443. The molecule has 2 rings (SSSR count). The Kier molecular flexibility index (Phi) is 2.21. The van der Waals surface area contributed by atoms with Crippen molar-refractivity contribution in [1.82, 2.24) is 0 Å². The molecule has 1 saturated heterocycles. The first kappa shape index (κ1) is 7.66. The lowest BCUT2D eigenvalue weighted by molar-refractivity contribution is -0.109. The van der Waals surface area contributed by atoms with Crippen molar-refractivity contribution in [2.24, 2.45) is 17.8 Å².